The third-order valence-electron chi connectivity index (χ3n) is 6.54. The Balaban J connectivity index is 1.55. The van der Waals surface area contributed by atoms with Crippen molar-refractivity contribution in [3.8, 4) is 5.75 Å². The number of carbonyl (C=O) groups is 2. The molecule has 1 fully saturated rings. The van der Waals surface area contributed by atoms with Gasteiger partial charge in [0.25, 0.3) is 0 Å². The van der Waals surface area contributed by atoms with Crippen molar-refractivity contribution in [3.05, 3.63) is 77.9 Å². The van der Waals surface area contributed by atoms with E-state index >= 15 is 0 Å². The number of imide groups is 1. The van der Waals surface area contributed by atoms with Crippen LogP contribution < -0.4 is 4.74 Å². The van der Waals surface area contributed by atoms with E-state index in [0.717, 1.165) is 27.6 Å². The summed E-state index contributed by atoms with van der Waals surface area (Å²) in [6.45, 7) is 5.25. The van der Waals surface area contributed by atoms with Crippen LogP contribution in [-0.4, -0.2) is 49.9 Å². The number of cyclic esters (lactones) is 1. The Hall–Kier alpha value is -3.38. The lowest BCUT2D eigenvalue weighted by Crippen LogP contribution is -2.45. The van der Waals surface area contributed by atoms with Gasteiger partial charge < -0.3 is 14.2 Å². The Morgan fingerprint density at radius 1 is 1.03 bits per heavy atom. The number of ether oxygens (including phenoxy) is 3. The fourth-order valence-corrected chi connectivity index (χ4v) is 4.59. The Morgan fingerprint density at radius 3 is 2.57 bits per heavy atom. The lowest BCUT2D eigenvalue weighted by molar-refractivity contribution is -0.134. The molecule has 1 heterocycles. The van der Waals surface area contributed by atoms with Gasteiger partial charge in [0.05, 0.1) is 12.6 Å². The van der Waals surface area contributed by atoms with Crippen LogP contribution in [0.4, 0.5) is 4.79 Å². The van der Waals surface area contributed by atoms with E-state index in [-0.39, 0.29) is 30.4 Å². The largest absolute Gasteiger partial charge is 0.491 e. The van der Waals surface area contributed by atoms with Crippen LogP contribution in [0.25, 0.3) is 10.8 Å². The number of carbonyl (C=O) groups excluding carboxylic acids is 2. The third-order valence-corrected chi connectivity index (χ3v) is 6.54. The molecular formula is C29H33NO5. The fraction of sp³-hybridized carbons (Fsp3) is 0.379. The first-order chi connectivity index (χ1) is 17.0. The van der Waals surface area contributed by atoms with E-state index in [1.807, 2.05) is 68.4 Å². The van der Waals surface area contributed by atoms with E-state index in [9.17, 15) is 9.59 Å². The minimum Gasteiger partial charge on any atom is -0.491 e. The van der Waals surface area contributed by atoms with E-state index in [0.29, 0.717) is 26.1 Å². The fourth-order valence-electron chi connectivity index (χ4n) is 4.59. The van der Waals surface area contributed by atoms with E-state index in [2.05, 4.69) is 12.1 Å². The average Bonchev–Trinajstić information content (AvgIpc) is 3.22. The summed E-state index contributed by atoms with van der Waals surface area (Å²) < 4.78 is 16.3. The Kier molecular flexibility index (Phi) is 8.03. The average molecular weight is 476 g/mol. The summed E-state index contributed by atoms with van der Waals surface area (Å²) in [6, 6.07) is 21.7. The summed E-state index contributed by atoms with van der Waals surface area (Å²) >= 11 is 0. The first-order valence-corrected chi connectivity index (χ1v) is 12.1. The van der Waals surface area contributed by atoms with Crippen molar-refractivity contribution in [2.75, 3.05) is 26.9 Å². The molecule has 1 saturated heterocycles. The van der Waals surface area contributed by atoms with Crippen LogP contribution in [0, 0.1) is 11.8 Å². The first kappa shape index (κ1) is 24.7. The maximum Gasteiger partial charge on any atom is 0.416 e. The maximum absolute atomic E-state index is 13.7. The minimum atomic E-state index is -0.547. The molecule has 2 atom stereocenters. The van der Waals surface area contributed by atoms with Crippen molar-refractivity contribution < 1.29 is 23.8 Å². The normalized spacial score (nSPS) is 16.5. The molecular weight excluding hydrogens is 442 g/mol. The van der Waals surface area contributed by atoms with E-state index < -0.39 is 6.09 Å². The van der Waals surface area contributed by atoms with Crippen LogP contribution >= 0.6 is 0 Å². The number of hydrogen-bond acceptors (Lipinski definition) is 5. The molecule has 0 saturated carbocycles. The molecule has 6 nitrogen and oxygen atoms in total. The predicted octanol–water partition coefficient (Wildman–Crippen LogP) is 5.27. The highest BCUT2D eigenvalue weighted by Gasteiger charge is 2.41. The van der Waals surface area contributed by atoms with Crippen LogP contribution in [0.2, 0.25) is 0 Å². The predicted molar refractivity (Wildman–Crippen MR) is 135 cm³/mol. The monoisotopic (exact) mass is 475 g/mol. The highest BCUT2D eigenvalue weighted by atomic mass is 16.6. The molecule has 0 bridgehead atoms. The van der Waals surface area contributed by atoms with Gasteiger partial charge in [-0.25, -0.2) is 9.69 Å². The zero-order chi connectivity index (χ0) is 24.8. The van der Waals surface area contributed by atoms with Crippen LogP contribution in [0.15, 0.2) is 66.7 Å². The first-order valence-electron chi connectivity index (χ1n) is 12.1. The lowest BCUT2D eigenvalue weighted by atomic mass is 9.87. The molecule has 1 aliphatic rings. The molecule has 0 aliphatic carbocycles. The van der Waals surface area contributed by atoms with Crippen LogP contribution in [-0.2, 0) is 27.1 Å². The van der Waals surface area contributed by atoms with Crippen LogP contribution in [0.3, 0.4) is 0 Å². The molecule has 0 aromatic heterocycles. The van der Waals surface area contributed by atoms with Gasteiger partial charge >= 0.3 is 6.09 Å². The zero-order valence-electron chi connectivity index (χ0n) is 20.6. The molecule has 3 aromatic carbocycles. The number of fused-ring (bicyclic) bond motifs is 1. The van der Waals surface area contributed by atoms with Gasteiger partial charge in [-0.1, -0.05) is 68.4 Å². The molecule has 6 heteroatoms. The standard InChI is InChI=1S/C29H33NO5/c1-20(2)25(28(31)30-24(19-35-29(30)32)16-21-8-5-4-6-9-21)17-22-12-13-23-10-7-11-27(26(23)18-22)34-15-14-33-3/h4-13,18,20,24-25H,14-17,19H2,1-3H3. The summed E-state index contributed by atoms with van der Waals surface area (Å²) in [6.07, 6.45) is 0.566. The second kappa shape index (κ2) is 11.4. The molecule has 0 radical (unpaired) electrons. The van der Waals surface area contributed by atoms with Gasteiger partial charge in [-0.15, -0.1) is 0 Å². The molecule has 3 aromatic rings. The molecule has 4 rings (SSSR count). The van der Waals surface area contributed by atoms with Crippen molar-refractivity contribution in [2.45, 2.75) is 32.7 Å². The lowest BCUT2D eigenvalue weighted by Gasteiger charge is -2.27. The maximum atomic E-state index is 13.7. The quantitative estimate of drug-likeness (QED) is 0.374. The topological polar surface area (TPSA) is 65.1 Å². The number of hydrogen-bond donors (Lipinski definition) is 0. The zero-order valence-corrected chi connectivity index (χ0v) is 20.6. The van der Waals surface area contributed by atoms with Crippen molar-refractivity contribution in [2.24, 2.45) is 11.8 Å². The van der Waals surface area contributed by atoms with Crippen molar-refractivity contribution in [1.82, 2.24) is 4.90 Å². The summed E-state index contributed by atoms with van der Waals surface area (Å²) in [5.74, 6) is 0.322. The van der Waals surface area contributed by atoms with Crippen molar-refractivity contribution >= 4 is 22.8 Å². The molecule has 0 spiro atoms. The smallest absolute Gasteiger partial charge is 0.416 e. The second-order valence-corrected chi connectivity index (χ2v) is 9.34. The number of amides is 2. The van der Waals surface area contributed by atoms with E-state index in [1.54, 1.807) is 7.11 Å². The van der Waals surface area contributed by atoms with E-state index in [4.69, 9.17) is 14.2 Å². The van der Waals surface area contributed by atoms with Gasteiger partial charge in [0.2, 0.25) is 5.91 Å². The number of rotatable bonds is 10. The van der Waals surface area contributed by atoms with Crippen molar-refractivity contribution in [1.29, 1.82) is 0 Å². The van der Waals surface area contributed by atoms with Crippen LogP contribution in [0.5, 0.6) is 5.75 Å². The molecule has 184 valence electrons. The summed E-state index contributed by atoms with van der Waals surface area (Å²) in [4.78, 5) is 27.6. The Labute approximate surface area is 206 Å². The van der Waals surface area contributed by atoms with Crippen molar-refractivity contribution in [3.63, 3.8) is 0 Å². The summed E-state index contributed by atoms with van der Waals surface area (Å²) in [5, 5.41) is 2.07. The highest BCUT2D eigenvalue weighted by molar-refractivity contribution is 5.95. The van der Waals surface area contributed by atoms with Crippen LogP contribution in [0.1, 0.15) is 25.0 Å². The van der Waals surface area contributed by atoms with Gasteiger partial charge in [-0.05, 0) is 47.4 Å². The molecule has 2 unspecified atom stereocenters. The summed E-state index contributed by atoms with van der Waals surface area (Å²) in [7, 11) is 1.65. The Morgan fingerprint density at radius 2 is 1.83 bits per heavy atom. The SMILES string of the molecule is COCCOc1cccc2ccc(CC(C(=O)N3C(=O)OCC3Cc3ccccc3)C(C)C)cc12. The number of benzene rings is 3. The molecule has 2 amide bonds. The van der Waals surface area contributed by atoms with E-state index in [1.165, 1.54) is 4.90 Å². The second-order valence-electron chi connectivity index (χ2n) is 9.34. The number of methoxy groups -OCH3 is 1. The third kappa shape index (κ3) is 5.82. The molecule has 35 heavy (non-hydrogen) atoms. The summed E-state index contributed by atoms with van der Waals surface area (Å²) in [5.41, 5.74) is 2.10. The highest BCUT2D eigenvalue weighted by Crippen LogP contribution is 2.30. The van der Waals surface area contributed by atoms with Gasteiger partial charge in [0.1, 0.15) is 19.0 Å². The van der Waals surface area contributed by atoms with Gasteiger partial charge in [-0.3, -0.25) is 4.79 Å². The number of nitrogens with zero attached hydrogens (tertiary/aromatic N) is 1. The Bertz CT molecular complexity index is 1160. The van der Waals surface area contributed by atoms with Gasteiger partial charge in [-0.2, -0.15) is 0 Å². The minimum absolute atomic E-state index is 0.0529. The van der Waals surface area contributed by atoms with Gasteiger partial charge in [0.15, 0.2) is 0 Å². The molecule has 0 N–H and O–H groups in total. The van der Waals surface area contributed by atoms with Gasteiger partial charge in [0, 0.05) is 18.4 Å². The molecule has 1 aliphatic heterocycles.